The van der Waals surface area contributed by atoms with Gasteiger partial charge in [0.05, 0.1) is 0 Å². The fourth-order valence-corrected chi connectivity index (χ4v) is 2.26. The molecule has 0 amide bonds. The molecular formula is C16H26N2O2S. The van der Waals surface area contributed by atoms with Gasteiger partial charge in [-0.05, 0) is 24.6 Å². The zero-order chi connectivity index (χ0) is 15.8. The van der Waals surface area contributed by atoms with Crippen LogP contribution in [-0.2, 0) is 0 Å². The lowest BCUT2D eigenvalue weighted by Gasteiger charge is -2.25. The van der Waals surface area contributed by atoms with Crippen molar-refractivity contribution in [3.05, 3.63) is 29.8 Å². The number of hydrogen-bond donors (Lipinski definition) is 2. The van der Waals surface area contributed by atoms with Gasteiger partial charge in [-0.15, -0.1) is 0 Å². The number of aliphatic hydroxyl groups excluding tert-OH is 1. The van der Waals surface area contributed by atoms with Crippen molar-refractivity contribution in [2.24, 2.45) is 11.7 Å². The highest BCUT2D eigenvalue weighted by molar-refractivity contribution is 7.80. The van der Waals surface area contributed by atoms with Crippen molar-refractivity contribution < 1.29 is 9.84 Å². The molecule has 0 fully saturated rings. The summed E-state index contributed by atoms with van der Waals surface area (Å²) in [5.74, 6) is 1.26. The molecule has 21 heavy (non-hydrogen) atoms. The number of hydrogen-bond acceptors (Lipinski definition) is 4. The molecule has 0 radical (unpaired) electrons. The summed E-state index contributed by atoms with van der Waals surface area (Å²) >= 11 is 4.94. The van der Waals surface area contributed by atoms with E-state index in [4.69, 9.17) is 22.7 Å². The van der Waals surface area contributed by atoms with Crippen LogP contribution in [0.5, 0.6) is 5.75 Å². The van der Waals surface area contributed by atoms with Gasteiger partial charge in [-0.1, -0.05) is 45.1 Å². The van der Waals surface area contributed by atoms with Gasteiger partial charge in [-0.25, -0.2) is 0 Å². The summed E-state index contributed by atoms with van der Waals surface area (Å²) in [7, 11) is 0. The molecule has 1 unspecified atom stereocenters. The van der Waals surface area contributed by atoms with Crippen LogP contribution >= 0.6 is 12.2 Å². The van der Waals surface area contributed by atoms with Crippen molar-refractivity contribution in [2.45, 2.75) is 26.9 Å². The molecule has 1 atom stereocenters. The van der Waals surface area contributed by atoms with E-state index in [0.717, 1.165) is 18.7 Å². The molecule has 118 valence electrons. The maximum Gasteiger partial charge on any atom is 0.120 e. The summed E-state index contributed by atoms with van der Waals surface area (Å²) in [6.45, 7) is 9.22. The van der Waals surface area contributed by atoms with E-state index in [0.29, 0.717) is 23.2 Å². The maximum absolute atomic E-state index is 10.1. The Balaban J connectivity index is 2.46. The van der Waals surface area contributed by atoms with E-state index in [9.17, 15) is 5.11 Å². The molecule has 0 aliphatic rings. The third-order valence-corrected chi connectivity index (χ3v) is 3.34. The van der Waals surface area contributed by atoms with E-state index in [1.807, 2.05) is 18.2 Å². The van der Waals surface area contributed by atoms with Crippen molar-refractivity contribution in [2.75, 3.05) is 26.2 Å². The molecule has 3 N–H and O–H groups in total. The fraction of sp³-hybridized carbons (Fsp3) is 0.562. The third kappa shape index (κ3) is 6.89. The van der Waals surface area contributed by atoms with Crippen LogP contribution in [0.15, 0.2) is 24.3 Å². The van der Waals surface area contributed by atoms with Gasteiger partial charge in [0.15, 0.2) is 0 Å². The summed E-state index contributed by atoms with van der Waals surface area (Å²) in [5, 5.41) is 10.1. The Labute approximate surface area is 132 Å². The number of aliphatic hydroxyl groups is 1. The standard InChI is InChI=1S/C16H26N2O2S/c1-4-18(9-12(2)3)10-14(19)11-20-15-7-5-6-13(8-15)16(17)21/h5-8,12,14,19H,4,9-11H2,1-3H3,(H2,17,21). The van der Waals surface area contributed by atoms with Crippen molar-refractivity contribution in [3.63, 3.8) is 0 Å². The summed E-state index contributed by atoms with van der Waals surface area (Å²) < 4.78 is 5.62. The topological polar surface area (TPSA) is 58.7 Å². The normalized spacial score (nSPS) is 12.7. The van der Waals surface area contributed by atoms with Crippen molar-refractivity contribution >= 4 is 17.2 Å². The Morgan fingerprint density at radius 1 is 1.38 bits per heavy atom. The van der Waals surface area contributed by atoms with Gasteiger partial charge in [0.2, 0.25) is 0 Å². The molecule has 1 aromatic carbocycles. The molecule has 5 heteroatoms. The Bertz CT molecular complexity index is 452. The Morgan fingerprint density at radius 3 is 2.67 bits per heavy atom. The van der Waals surface area contributed by atoms with Crippen LogP contribution in [0.25, 0.3) is 0 Å². The largest absolute Gasteiger partial charge is 0.491 e. The van der Waals surface area contributed by atoms with Crippen molar-refractivity contribution in [3.8, 4) is 5.75 Å². The number of nitrogens with two attached hydrogens (primary N) is 1. The van der Waals surface area contributed by atoms with E-state index in [1.165, 1.54) is 0 Å². The second-order valence-corrected chi connectivity index (χ2v) is 6.04. The maximum atomic E-state index is 10.1. The molecule has 4 nitrogen and oxygen atoms in total. The van der Waals surface area contributed by atoms with Crippen molar-refractivity contribution in [1.29, 1.82) is 0 Å². The smallest absolute Gasteiger partial charge is 0.120 e. The van der Waals surface area contributed by atoms with E-state index >= 15 is 0 Å². The first-order valence-electron chi connectivity index (χ1n) is 7.35. The van der Waals surface area contributed by atoms with Crippen molar-refractivity contribution in [1.82, 2.24) is 4.90 Å². The first-order chi connectivity index (χ1) is 9.92. The molecule has 0 saturated carbocycles. The predicted octanol–water partition coefficient (Wildman–Crippen LogP) is 2.04. The number of rotatable bonds is 9. The first-order valence-corrected chi connectivity index (χ1v) is 7.76. The molecule has 1 aromatic rings. The van der Waals surface area contributed by atoms with E-state index in [-0.39, 0.29) is 6.61 Å². The molecular weight excluding hydrogens is 284 g/mol. The van der Waals surface area contributed by atoms with Crippen LogP contribution in [0.3, 0.4) is 0 Å². The zero-order valence-electron chi connectivity index (χ0n) is 13.1. The van der Waals surface area contributed by atoms with Crippen LogP contribution in [-0.4, -0.2) is 47.3 Å². The number of benzene rings is 1. The molecule has 0 aromatic heterocycles. The lowest BCUT2D eigenvalue weighted by atomic mass is 10.2. The van der Waals surface area contributed by atoms with Crippen LogP contribution in [0.4, 0.5) is 0 Å². The summed E-state index contributed by atoms with van der Waals surface area (Å²) in [4.78, 5) is 2.57. The number of ether oxygens (including phenoxy) is 1. The van der Waals surface area contributed by atoms with Gasteiger partial charge >= 0.3 is 0 Å². The number of nitrogens with zero attached hydrogens (tertiary/aromatic N) is 1. The molecule has 0 aliphatic carbocycles. The second kappa shape index (κ2) is 8.97. The lowest BCUT2D eigenvalue weighted by molar-refractivity contribution is 0.0662. The Hall–Kier alpha value is -1.17. The minimum atomic E-state index is -0.516. The SMILES string of the molecule is CCN(CC(C)C)CC(O)COc1cccc(C(N)=S)c1. The molecule has 1 rings (SSSR count). The van der Waals surface area contributed by atoms with E-state index in [2.05, 4.69) is 25.7 Å². The zero-order valence-corrected chi connectivity index (χ0v) is 13.9. The highest BCUT2D eigenvalue weighted by atomic mass is 32.1. The minimum absolute atomic E-state index is 0.259. The van der Waals surface area contributed by atoms with Gasteiger partial charge in [-0.2, -0.15) is 0 Å². The number of likely N-dealkylation sites (N-methyl/N-ethyl adjacent to an activating group) is 1. The molecule has 0 aliphatic heterocycles. The predicted molar refractivity (Wildman–Crippen MR) is 90.8 cm³/mol. The summed E-state index contributed by atoms with van der Waals surface area (Å²) in [5.41, 5.74) is 6.36. The van der Waals surface area contributed by atoms with Crippen LogP contribution < -0.4 is 10.5 Å². The number of thiocarbonyl (C=S) groups is 1. The molecule has 0 saturated heterocycles. The van der Waals surface area contributed by atoms with E-state index in [1.54, 1.807) is 6.07 Å². The van der Waals surface area contributed by atoms with Crippen LogP contribution in [0, 0.1) is 5.92 Å². The highest BCUT2D eigenvalue weighted by Gasteiger charge is 2.12. The average molecular weight is 310 g/mol. The first kappa shape index (κ1) is 17.9. The molecule has 0 spiro atoms. The quantitative estimate of drug-likeness (QED) is 0.684. The average Bonchev–Trinajstić information content (AvgIpc) is 2.44. The summed E-state index contributed by atoms with van der Waals surface area (Å²) in [6.07, 6.45) is -0.516. The second-order valence-electron chi connectivity index (χ2n) is 5.60. The molecule has 0 bridgehead atoms. The highest BCUT2D eigenvalue weighted by Crippen LogP contribution is 2.13. The fourth-order valence-electron chi connectivity index (χ4n) is 2.13. The van der Waals surface area contributed by atoms with Crippen LogP contribution in [0.1, 0.15) is 26.3 Å². The minimum Gasteiger partial charge on any atom is -0.491 e. The lowest BCUT2D eigenvalue weighted by Crippen LogP contribution is -2.37. The van der Waals surface area contributed by atoms with Gasteiger partial charge < -0.3 is 20.5 Å². The van der Waals surface area contributed by atoms with Gasteiger partial charge in [-0.3, -0.25) is 0 Å². The molecule has 0 heterocycles. The summed E-state index contributed by atoms with van der Waals surface area (Å²) in [6, 6.07) is 7.31. The van der Waals surface area contributed by atoms with Crippen LogP contribution in [0.2, 0.25) is 0 Å². The monoisotopic (exact) mass is 310 g/mol. The Kier molecular flexibility index (Phi) is 7.64. The van der Waals surface area contributed by atoms with E-state index < -0.39 is 6.10 Å². The van der Waals surface area contributed by atoms with Gasteiger partial charge in [0.25, 0.3) is 0 Å². The van der Waals surface area contributed by atoms with Gasteiger partial charge in [0.1, 0.15) is 23.4 Å². The Morgan fingerprint density at radius 2 is 2.10 bits per heavy atom. The third-order valence-electron chi connectivity index (χ3n) is 3.10. The van der Waals surface area contributed by atoms with Gasteiger partial charge in [0, 0.05) is 18.7 Å².